The highest BCUT2D eigenvalue weighted by Crippen LogP contribution is 2.22. The summed E-state index contributed by atoms with van der Waals surface area (Å²) in [7, 11) is 1.56. The topological polar surface area (TPSA) is 93.2 Å². The molecule has 2 heterocycles. The second-order valence-corrected chi connectivity index (χ2v) is 9.11. The van der Waals surface area contributed by atoms with Crippen molar-refractivity contribution in [2.45, 2.75) is 0 Å². The van der Waals surface area contributed by atoms with Gasteiger partial charge in [-0.2, -0.15) is 0 Å². The molecule has 190 valence electrons. The standard InChI is InChI=1S/C13H10Cl2N2O2.C12H7Cl3N2O/c1-19-10-4-2-3-9(6-10)17-13(18)8-5-11(14)12(15)16-7-8;13-8-2-1-3-9(5-8)17-12(18)7-4-10(14)11(15)16-6-7/h2-7H,1H3,(H,17,18);1-6H,(H,17,18). The number of carbonyl (C=O) groups excluding carboxylic acids is 2. The van der Waals surface area contributed by atoms with Crippen molar-refractivity contribution in [2.75, 3.05) is 17.7 Å². The van der Waals surface area contributed by atoms with E-state index in [0.717, 1.165) is 0 Å². The highest BCUT2D eigenvalue weighted by Gasteiger charge is 2.11. The van der Waals surface area contributed by atoms with Crippen molar-refractivity contribution < 1.29 is 14.3 Å². The number of nitrogens with one attached hydrogen (secondary N) is 2. The van der Waals surface area contributed by atoms with Gasteiger partial charge in [-0.15, -0.1) is 0 Å². The number of amides is 2. The van der Waals surface area contributed by atoms with Crippen molar-refractivity contribution in [3.63, 3.8) is 0 Å². The SMILES string of the molecule is COc1cccc(NC(=O)c2cnc(Cl)c(Cl)c2)c1.O=C(Nc1cccc(Cl)c1)c1cnc(Cl)c(Cl)c1. The van der Waals surface area contributed by atoms with Crippen LogP contribution >= 0.6 is 58.0 Å². The number of ether oxygens (including phenoxy) is 1. The summed E-state index contributed by atoms with van der Waals surface area (Å²) in [5, 5.41) is 6.74. The van der Waals surface area contributed by atoms with E-state index < -0.39 is 0 Å². The fourth-order valence-corrected chi connectivity index (χ4v) is 3.49. The highest BCUT2D eigenvalue weighted by atomic mass is 35.5. The zero-order chi connectivity index (χ0) is 26.9. The Kier molecular flexibility index (Phi) is 10.4. The maximum atomic E-state index is 12.0. The number of nitrogens with zero attached hydrogens (tertiary/aromatic N) is 2. The number of pyridine rings is 2. The lowest BCUT2D eigenvalue weighted by molar-refractivity contribution is 0.101. The summed E-state index contributed by atoms with van der Waals surface area (Å²) in [5.41, 5.74) is 1.87. The molecule has 0 bridgehead atoms. The van der Waals surface area contributed by atoms with Gasteiger partial charge in [-0.05, 0) is 42.5 Å². The Labute approximate surface area is 237 Å². The molecule has 0 aliphatic carbocycles. The molecule has 2 amide bonds. The predicted molar refractivity (Wildman–Crippen MR) is 149 cm³/mol. The molecule has 0 saturated heterocycles. The predicted octanol–water partition coefficient (Wildman–Crippen LogP) is 7.94. The van der Waals surface area contributed by atoms with Gasteiger partial charge in [0.25, 0.3) is 11.8 Å². The van der Waals surface area contributed by atoms with Crippen LogP contribution in [0, 0.1) is 0 Å². The molecule has 2 aromatic heterocycles. The van der Waals surface area contributed by atoms with E-state index in [2.05, 4.69) is 20.6 Å². The normalized spacial score (nSPS) is 10.1. The van der Waals surface area contributed by atoms with Gasteiger partial charge in [0.1, 0.15) is 16.1 Å². The van der Waals surface area contributed by atoms with Gasteiger partial charge in [0.15, 0.2) is 0 Å². The Morgan fingerprint density at radius 2 is 1.19 bits per heavy atom. The number of anilines is 2. The monoisotopic (exact) mass is 596 g/mol. The van der Waals surface area contributed by atoms with Crippen molar-refractivity contribution in [1.29, 1.82) is 0 Å². The van der Waals surface area contributed by atoms with Crippen LogP contribution in [0.5, 0.6) is 5.75 Å². The van der Waals surface area contributed by atoms with Crippen molar-refractivity contribution in [3.8, 4) is 5.75 Å². The molecule has 4 rings (SSSR count). The van der Waals surface area contributed by atoms with Crippen molar-refractivity contribution >= 4 is 81.2 Å². The first-order valence-electron chi connectivity index (χ1n) is 10.3. The molecule has 0 fully saturated rings. The molecule has 0 aliphatic heterocycles. The summed E-state index contributed by atoms with van der Waals surface area (Å²) >= 11 is 28.8. The van der Waals surface area contributed by atoms with E-state index in [0.29, 0.717) is 33.3 Å². The quantitative estimate of drug-likeness (QED) is 0.228. The third kappa shape index (κ3) is 8.49. The van der Waals surface area contributed by atoms with Gasteiger partial charge < -0.3 is 15.4 Å². The molecular formula is C25H17Cl5N4O3. The first-order chi connectivity index (χ1) is 17.7. The summed E-state index contributed by atoms with van der Waals surface area (Å²) in [6.07, 6.45) is 2.72. The Morgan fingerprint density at radius 3 is 1.65 bits per heavy atom. The van der Waals surface area contributed by atoms with Crippen LogP contribution in [0.3, 0.4) is 0 Å². The third-order valence-corrected chi connectivity index (χ3v) is 6.13. The molecule has 4 aromatic rings. The van der Waals surface area contributed by atoms with Crippen molar-refractivity contribution in [3.05, 3.63) is 110 Å². The number of rotatable bonds is 5. The fraction of sp³-hybridized carbons (Fsp3) is 0.0400. The number of hydrogen-bond acceptors (Lipinski definition) is 5. The molecule has 12 heteroatoms. The van der Waals surface area contributed by atoms with Gasteiger partial charge in [-0.3, -0.25) is 9.59 Å². The van der Waals surface area contributed by atoms with Crippen LogP contribution in [-0.4, -0.2) is 28.9 Å². The Balaban J connectivity index is 0.000000206. The number of methoxy groups -OCH3 is 1. The summed E-state index contributed by atoms with van der Waals surface area (Å²) in [4.78, 5) is 31.5. The Hall–Kier alpha value is -3.07. The van der Waals surface area contributed by atoms with Gasteiger partial charge in [-0.1, -0.05) is 70.1 Å². The molecule has 2 aromatic carbocycles. The zero-order valence-electron chi connectivity index (χ0n) is 18.9. The van der Waals surface area contributed by atoms with Gasteiger partial charge in [0, 0.05) is 34.9 Å². The van der Waals surface area contributed by atoms with Gasteiger partial charge in [0.2, 0.25) is 0 Å². The summed E-state index contributed by atoms with van der Waals surface area (Å²) < 4.78 is 5.07. The lowest BCUT2D eigenvalue weighted by Gasteiger charge is -2.07. The van der Waals surface area contributed by atoms with E-state index in [1.165, 1.54) is 24.5 Å². The van der Waals surface area contributed by atoms with E-state index in [4.69, 9.17) is 62.7 Å². The molecular weight excluding hydrogens is 582 g/mol. The molecule has 7 nitrogen and oxygen atoms in total. The minimum absolute atomic E-state index is 0.163. The lowest BCUT2D eigenvalue weighted by Crippen LogP contribution is -2.12. The highest BCUT2D eigenvalue weighted by molar-refractivity contribution is 6.42. The van der Waals surface area contributed by atoms with Crippen molar-refractivity contribution in [1.82, 2.24) is 9.97 Å². The number of carbonyl (C=O) groups is 2. The van der Waals surface area contributed by atoms with E-state index in [1.807, 2.05) is 0 Å². The molecule has 0 saturated carbocycles. The largest absolute Gasteiger partial charge is 0.497 e. The molecule has 2 N–H and O–H groups in total. The summed E-state index contributed by atoms with van der Waals surface area (Å²) in [6.45, 7) is 0. The summed E-state index contributed by atoms with van der Waals surface area (Å²) in [6, 6.07) is 16.8. The first kappa shape index (κ1) is 28.5. The molecule has 0 atom stereocenters. The van der Waals surface area contributed by atoms with Gasteiger partial charge in [-0.25, -0.2) is 9.97 Å². The van der Waals surface area contributed by atoms with Crippen LogP contribution in [0.4, 0.5) is 11.4 Å². The molecule has 37 heavy (non-hydrogen) atoms. The molecule has 0 radical (unpaired) electrons. The number of halogens is 5. The first-order valence-corrected chi connectivity index (χ1v) is 12.2. The minimum Gasteiger partial charge on any atom is -0.497 e. The van der Waals surface area contributed by atoms with Crippen LogP contribution in [0.2, 0.25) is 25.4 Å². The maximum Gasteiger partial charge on any atom is 0.257 e. The summed E-state index contributed by atoms with van der Waals surface area (Å²) in [5.74, 6) is 0.00714. The molecule has 0 spiro atoms. The third-order valence-electron chi connectivity index (χ3n) is 4.53. The number of aromatic nitrogens is 2. The number of hydrogen-bond donors (Lipinski definition) is 2. The average molecular weight is 599 g/mol. The zero-order valence-corrected chi connectivity index (χ0v) is 22.7. The number of benzene rings is 2. The van der Waals surface area contributed by atoms with Crippen LogP contribution in [0.15, 0.2) is 73.1 Å². The van der Waals surface area contributed by atoms with Crippen LogP contribution in [0.25, 0.3) is 0 Å². The van der Waals surface area contributed by atoms with E-state index in [9.17, 15) is 9.59 Å². The average Bonchev–Trinajstić information content (AvgIpc) is 2.87. The fourth-order valence-electron chi connectivity index (χ4n) is 2.76. The second-order valence-electron chi connectivity index (χ2n) is 7.14. The van der Waals surface area contributed by atoms with Crippen LogP contribution < -0.4 is 15.4 Å². The lowest BCUT2D eigenvalue weighted by atomic mass is 10.2. The second kappa shape index (κ2) is 13.5. The van der Waals surface area contributed by atoms with E-state index in [1.54, 1.807) is 55.6 Å². The smallest absolute Gasteiger partial charge is 0.257 e. The Bertz CT molecular complexity index is 1440. The van der Waals surface area contributed by atoms with Gasteiger partial charge >= 0.3 is 0 Å². The maximum absolute atomic E-state index is 12.0. The van der Waals surface area contributed by atoms with E-state index >= 15 is 0 Å². The molecule has 0 unspecified atom stereocenters. The van der Waals surface area contributed by atoms with Crippen LogP contribution in [0.1, 0.15) is 20.7 Å². The Morgan fingerprint density at radius 1 is 0.703 bits per heavy atom. The van der Waals surface area contributed by atoms with Crippen LogP contribution in [-0.2, 0) is 0 Å². The molecule has 0 aliphatic rings. The minimum atomic E-state index is -0.330. The van der Waals surface area contributed by atoms with Crippen molar-refractivity contribution in [2.24, 2.45) is 0 Å². The van der Waals surface area contributed by atoms with Gasteiger partial charge in [0.05, 0.1) is 28.3 Å². The van der Waals surface area contributed by atoms with E-state index in [-0.39, 0.29) is 32.2 Å².